The fourth-order valence-corrected chi connectivity index (χ4v) is 1.23. The molecule has 88 valence electrons. The van der Waals surface area contributed by atoms with E-state index in [9.17, 15) is 4.79 Å². The van der Waals surface area contributed by atoms with E-state index in [4.69, 9.17) is 4.74 Å². The van der Waals surface area contributed by atoms with Gasteiger partial charge in [0, 0.05) is 14.1 Å². The summed E-state index contributed by atoms with van der Waals surface area (Å²) in [5.41, 5.74) is 1.80. The van der Waals surface area contributed by atoms with Crippen molar-refractivity contribution in [3.63, 3.8) is 0 Å². The molecule has 1 aromatic rings. The molecule has 0 aliphatic carbocycles. The normalized spacial score (nSPS) is 9.75. The van der Waals surface area contributed by atoms with Gasteiger partial charge in [-0.3, -0.25) is 0 Å². The lowest BCUT2D eigenvalue weighted by Crippen LogP contribution is -2.27. The van der Waals surface area contributed by atoms with Crippen LogP contribution in [0.15, 0.2) is 18.2 Å². The highest BCUT2D eigenvalue weighted by Crippen LogP contribution is 2.25. The lowest BCUT2D eigenvalue weighted by Gasteiger charge is -2.15. The zero-order valence-corrected chi connectivity index (χ0v) is 10.2. The van der Waals surface area contributed by atoms with Crippen molar-refractivity contribution in [2.24, 2.45) is 0 Å². The van der Waals surface area contributed by atoms with Gasteiger partial charge in [-0.25, -0.2) is 4.79 Å². The first-order valence-corrected chi connectivity index (χ1v) is 5.26. The lowest BCUT2D eigenvalue weighted by atomic mass is 10.2. The second-order valence-corrected chi connectivity index (χ2v) is 3.76. The molecule has 0 aromatic heterocycles. The Bertz CT molecular complexity index is 375. The first-order chi connectivity index (χ1) is 7.54. The van der Waals surface area contributed by atoms with Gasteiger partial charge in [0.25, 0.3) is 0 Å². The number of amides is 2. The van der Waals surface area contributed by atoms with E-state index >= 15 is 0 Å². The number of carbonyl (C=O) groups is 1. The van der Waals surface area contributed by atoms with Crippen LogP contribution in [0.25, 0.3) is 0 Å². The van der Waals surface area contributed by atoms with Crippen LogP contribution in [0.1, 0.15) is 12.5 Å². The van der Waals surface area contributed by atoms with Crippen LogP contribution in [0.3, 0.4) is 0 Å². The largest absolute Gasteiger partial charge is 0.492 e. The van der Waals surface area contributed by atoms with Crippen LogP contribution in [0.2, 0.25) is 0 Å². The van der Waals surface area contributed by atoms with Crippen molar-refractivity contribution in [2.45, 2.75) is 13.8 Å². The van der Waals surface area contributed by atoms with Crippen molar-refractivity contribution in [1.29, 1.82) is 0 Å². The predicted molar refractivity (Wildman–Crippen MR) is 65.1 cm³/mol. The summed E-state index contributed by atoms with van der Waals surface area (Å²) in [7, 11) is 3.40. The predicted octanol–water partition coefficient (Wildman–Crippen LogP) is 2.49. The molecule has 0 aliphatic heterocycles. The maximum Gasteiger partial charge on any atom is 0.321 e. The first-order valence-electron chi connectivity index (χ1n) is 5.26. The number of hydrogen-bond donors (Lipinski definition) is 1. The van der Waals surface area contributed by atoms with Gasteiger partial charge in [0.05, 0.1) is 12.3 Å². The molecule has 0 saturated heterocycles. The van der Waals surface area contributed by atoms with Crippen LogP contribution >= 0.6 is 0 Å². The molecule has 16 heavy (non-hydrogen) atoms. The summed E-state index contributed by atoms with van der Waals surface area (Å²) in [5, 5.41) is 2.78. The fourth-order valence-electron chi connectivity index (χ4n) is 1.23. The van der Waals surface area contributed by atoms with E-state index in [1.165, 1.54) is 4.90 Å². The summed E-state index contributed by atoms with van der Waals surface area (Å²) in [6.45, 7) is 4.48. The van der Waals surface area contributed by atoms with Gasteiger partial charge in [0.15, 0.2) is 0 Å². The first kappa shape index (κ1) is 12.4. The zero-order chi connectivity index (χ0) is 12.1. The summed E-state index contributed by atoms with van der Waals surface area (Å²) in [5.74, 6) is 0.706. The number of urea groups is 1. The average molecular weight is 222 g/mol. The smallest absolute Gasteiger partial charge is 0.321 e. The summed E-state index contributed by atoms with van der Waals surface area (Å²) in [6.07, 6.45) is 0. The highest BCUT2D eigenvalue weighted by atomic mass is 16.5. The maximum atomic E-state index is 11.5. The number of aryl methyl sites for hydroxylation is 1. The number of carbonyl (C=O) groups excluding carboxylic acids is 1. The van der Waals surface area contributed by atoms with Crippen molar-refractivity contribution >= 4 is 11.7 Å². The summed E-state index contributed by atoms with van der Waals surface area (Å²) in [6, 6.07) is 5.54. The molecule has 0 saturated carbocycles. The van der Waals surface area contributed by atoms with Crippen molar-refractivity contribution in [3.8, 4) is 5.75 Å². The Labute approximate surface area is 96.2 Å². The Morgan fingerprint density at radius 2 is 2.12 bits per heavy atom. The Balaban J connectivity index is 2.90. The Kier molecular flexibility index (Phi) is 4.17. The lowest BCUT2D eigenvalue weighted by molar-refractivity contribution is 0.230. The fraction of sp³-hybridized carbons (Fsp3) is 0.417. The van der Waals surface area contributed by atoms with Crippen molar-refractivity contribution in [3.05, 3.63) is 23.8 Å². The molecule has 2 amide bonds. The van der Waals surface area contributed by atoms with Gasteiger partial charge in [0.1, 0.15) is 5.75 Å². The van der Waals surface area contributed by atoms with E-state index in [-0.39, 0.29) is 6.03 Å². The average Bonchev–Trinajstić information content (AvgIpc) is 2.22. The number of nitrogens with one attached hydrogen (secondary N) is 1. The summed E-state index contributed by atoms with van der Waals surface area (Å²) >= 11 is 0. The third-order valence-corrected chi connectivity index (χ3v) is 2.08. The molecule has 1 aromatic carbocycles. The van der Waals surface area contributed by atoms with Crippen LogP contribution in [0, 0.1) is 6.92 Å². The van der Waals surface area contributed by atoms with Gasteiger partial charge in [-0.1, -0.05) is 6.07 Å². The Morgan fingerprint density at radius 3 is 2.69 bits per heavy atom. The van der Waals surface area contributed by atoms with E-state index in [1.807, 2.05) is 32.0 Å². The number of benzene rings is 1. The topological polar surface area (TPSA) is 41.6 Å². The number of anilines is 1. The minimum absolute atomic E-state index is 0.162. The highest BCUT2D eigenvalue weighted by molar-refractivity contribution is 5.90. The van der Waals surface area contributed by atoms with Gasteiger partial charge >= 0.3 is 6.03 Å². The summed E-state index contributed by atoms with van der Waals surface area (Å²) < 4.78 is 5.47. The molecule has 0 bridgehead atoms. The van der Waals surface area contributed by atoms with Crippen LogP contribution in [0.4, 0.5) is 10.5 Å². The number of nitrogens with zero attached hydrogens (tertiary/aromatic N) is 1. The van der Waals surface area contributed by atoms with E-state index in [1.54, 1.807) is 14.1 Å². The van der Waals surface area contributed by atoms with Gasteiger partial charge in [0.2, 0.25) is 0 Å². The van der Waals surface area contributed by atoms with Crippen LogP contribution in [-0.4, -0.2) is 31.6 Å². The molecule has 0 aliphatic rings. The van der Waals surface area contributed by atoms with Crippen LogP contribution in [-0.2, 0) is 0 Å². The van der Waals surface area contributed by atoms with Gasteiger partial charge in [-0.05, 0) is 31.5 Å². The van der Waals surface area contributed by atoms with Gasteiger partial charge in [-0.15, -0.1) is 0 Å². The zero-order valence-electron chi connectivity index (χ0n) is 10.2. The molecule has 0 fully saturated rings. The second-order valence-electron chi connectivity index (χ2n) is 3.76. The standard InChI is InChI=1S/C12H18N2O2/c1-5-16-11-8-9(2)6-7-10(11)13-12(15)14(3)4/h6-8H,5H2,1-4H3,(H,13,15). The SMILES string of the molecule is CCOc1cc(C)ccc1NC(=O)N(C)C. The highest BCUT2D eigenvalue weighted by Gasteiger charge is 2.08. The van der Waals surface area contributed by atoms with E-state index in [0.717, 1.165) is 5.56 Å². The molecule has 4 nitrogen and oxygen atoms in total. The van der Waals surface area contributed by atoms with Gasteiger partial charge < -0.3 is 15.0 Å². The van der Waals surface area contributed by atoms with E-state index < -0.39 is 0 Å². The monoisotopic (exact) mass is 222 g/mol. The number of hydrogen-bond acceptors (Lipinski definition) is 2. The maximum absolute atomic E-state index is 11.5. The molecular weight excluding hydrogens is 204 g/mol. The second kappa shape index (κ2) is 5.39. The minimum Gasteiger partial charge on any atom is -0.492 e. The number of rotatable bonds is 3. The third kappa shape index (κ3) is 3.15. The molecule has 4 heteroatoms. The van der Waals surface area contributed by atoms with E-state index in [2.05, 4.69) is 5.32 Å². The third-order valence-electron chi connectivity index (χ3n) is 2.08. The summed E-state index contributed by atoms with van der Waals surface area (Å²) in [4.78, 5) is 13.0. The molecule has 1 rings (SSSR count). The number of ether oxygens (including phenoxy) is 1. The van der Waals surface area contributed by atoms with E-state index in [0.29, 0.717) is 18.0 Å². The Morgan fingerprint density at radius 1 is 1.44 bits per heavy atom. The molecular formula is C12H18N2O2. The molecule has 1 N–H and O–H groups in total. The van der Waals surface area contributed by atoms with Crippen molar-refractivity contribution < 1.29 is 9.53 Å². The van der Waals surface area contributed by atoms with Crippen molar-refractivity contribution in [2.75, 3.05) is 26.0 Å². The molecule has 0 radical (unpaired) electrons. The molecule has 0 unspecified atom stereocenters. The van der Waals surface area contributed by atoms with Crippen LogP contribution < -0.4 is 10.1 Å². The van der Waals surface area contributed by atoms with Crippen LogP contribution in [0.5, 0.6) is 5.75 Å². The quantitative estimate of drug-likeness (QED) is 0.853. The molecule has 0 heterocycles. The van der Waals surface area contributed by atoms with Gasteiger partial charge in [-0.2, -0.15) is 0 Å². The van der Waals surface area contributed by atoms with Crippen molar-refractivity contribution in [1.82, 2.24) is 4.90 Å². The molecule has 0 spiro atoms. The molecule has 0 atom stereocenters. The minimum atomic E-state index is -0.162. The Hall–Kier alpha value is -1.71.